The van der Waals surface area contributed by atoms with Gasteiger partial charge >= 0.3 is 0 Å². The van der Waals surface area contributed by atoms with Gasteiger partial charge in [0.15, 0.2) is 0 Å². The quantitative estimate of drug-likeness (QED) is 0.684. The number of nitrogens with two attached hydrogens (primary N) is 1. The van der Waals surface area contributed by atoms with Gasteiger partial charge in [0.05, 0.1) is 5.54 Å². The summed E-state index contributed by atoms with van der Waals surface area (Å²) in [7, 11) is 2.13. The molecule has 3 unspecified atom stereocenters. The molecule has 4 nitrogen and oxygen atoms in total. The fourth-order valence-corrected chi connectivity index (χ4v) is 2.89. The van der Waals surface area contributed by atoms with Gasteiger partial charge in [-0.05, 0) is 60.4 Å². The molecule has 0 saturated heterocycles. The summed E-state index contributed by atoms with van der Waals surface area (Å²) in [4.78, 5) is 14.2. The highest BCUT2D eigenvalue weighted by Crippen LogP contribution is 2.20. The molecule has 0 spiro atoms. The summed E-state index contributed by atoms with van der Waals surface area (Å²) in [6.45, 7) is 14.9. The number of hydrogen-bond acceptors (Lipinski definition) is 3. The largest absolute Gasteiger partial charge is 0.368 e. The van der Waals surface area contributed by atoms with Crippen LogP contribution >= 0.6 is 0 Å². The van der Waals surface area contributed by atoms with Crippen molar-refractivity contribution in [2.45, 2.75) is 85.0 Å². The van der Waals surface area contributed by atoms with E-state index in [1.54, 1.807) is 0 Å². The van der Waals surface area contributed by atoms with Gasteiger partial charge in [-0.1, -0.05) is 13.8 Å². The van der Waals surface area contributed by atoms with Gasteiger partial charge in [-0.25, -0.2) is 0 Å². The smallest absolute Gasteiger partial charge is 0.237 e. The minimum Gasteiger partial charge on any atom is -0.368 e. The third-order valence-electron chi connectivity index (χ3n) is 4.06. The molecule has 0 aliphatic carbocycles. The van der Waals surface area contributed by atoms with Crippen molar-refractivity contribution in [3.63, 3.8) is 0 Å². The lowest BCUT2D eigenvalue weighted by Gasteiger charge is -2.38. The predicted molar refractivity (Wildman–Crippen MR) is 86.6 cm³/mol. The van der Waals surface area contributed by atoms with Crippen molar-refractivity contribution in [3.8, 4) is 0 Å². The van der Waals surface area contributed by atoms with Crippen LogP contribution in [0.5, 0.6) is 0 Å². The Hall–Kier alpha value is -0.610. The summed E-state index contributed by atoms with van der Waals surface area (Å²) in [6.07, 6.45) is 1.88. The van der Waals surface area contributed by atoms with Crippen molar-refractivity contribution >= 4 is 5.91 Å². The summed E-state index contributed by atoms with van der Waals surface area (Å²) >= 11 is 0. The summed E-state index contributed by atoms with van der Waals surface area (Å²) in [5.74, 6) is 0.402. The number of hydrogen-bond donors (Lipinski definition) is 2. The number of carbonyl (C=O) groups excluding carboxylic acids is 1. The molecular formula is C16H35N3O. The third kappa shape index (κ3) is 6.23. The lowest BCUT2D eigenvalue weighted by molar-refractivity contribution is -0.125. The summed E-state index contributed by atoms with van der Waals surface area (Å²) < 4.78 is 0. The van der Waals surface area contributed by atoms with Gasteiger partial charge in [0.25, 0.3) is 0 Å². The van der Waals surface area contributed by atoms with E-state index in [-0.39, 0.29) is 11.9 Å². The summed E-state index contributed by atoms with van der Waals surface area (Å²) in [5, 5.41) is 3.32. The molecule has 0 bridgehead atoms. The fraction of sp³-hybridized carbons (Fsp3) is 0.938. The Morgan fingerprint density at radius 1 is 1.15 bits per heavy atom. The number of carbonyl (C=O) groups is 1. The van der Waals surface area contributed by atoms with Crippen molar-refractivity contribution in [1.82, 2.24) is 10.2 Å². The maximum atomic E-state index is 11.8. The predicted octanol–water partition coefficient (Wildman–Crippen LogP) is 2.37. The Labute approximate surface area is 125 Å². The first-order chi connectivity index (χ1) is 8.99. The number of nitrogens with one attached hydrogen (secondary N) is 1. The zero-order valence-electron chi connectivity index (χ0n) is 14.7. The van der Waals surface area contributed by atoms with Gasteiger partial charge in [-0.2, -0.15) is 0 Å². The molecule has 0 aromatic carbocycles. The van der Waals surface area contributed by atoms with E-state index in [2.05, 4.69) is 45.0 Å². The molecule has 0 aliphatic rings. The van der Waals surface area contributed by atoms with Crippen LogP contribution in [0, 0.1) is 5.92 Å². The second kappa shape index (κ2) is 7.99. The van der Waals surface area contributed by atoms with Crippen LogP contribution in [0.4, 0.5) is 0 Å². The zero-order chi connectivity index (χ0) is 16.1. The highest BCUT2D eigenvalue weighted by Gasteiger charge is 2.34. The number of amides is 1. The van der Waals surface area contributed by atoms with Crippen LogP contribution in [-0.4, -0.2) is 41.5 Å². The second-order valence-corrected chi connectivity index (χ2v) is 7.19. The Balaban J connectivity index is 4.75. The maximum Gasteiger partial charge on any atom is 0.237 e. The van der Waals surface area contributed by atoms with E-state index in [1.807, 2.05) is 20.8 Å². The molecule has 4 heteroatoms. The monoisotopic (exact) mass is 285 g/mol. The topological polar surface area (TPSA) is 58.4 Å². The van der Waals surface area contributed by atoms with E-state index in [0.29, 0.717) is 18.0 Å². The molecule has 3 N–H and O–H groups in total. The van der Waals surface area contributed by atoms with Crippen LogP contribution in [0.15, 0.2) is 0 Å². The number of nitrogens with zero attached hydrogens (tertiary/aromatic N) is 1. The van der Waals surface area contributed by atoms with Crippen LogP contribution < -0.4 is 11.1 Å². The Kier molecular flexibility index (Phi) is 7.74. The molecular weight excluding hydrogens is 250 g/mol. The molecule has 0 aliphatic heterocycles. The van der Waals surface area contributed by atoms with Crippen LogP contribution in [0.25, 0.3) is 0 Å². The molecule has 1 amide bonds. The molecule has 3 atom stereocenters. The standard InChI is InChI=1S/C16H35N3O/c1-11(2)9-13(5)19(8)14(6)10-16(7,15(17)20)18-12(3)4/h11-14,18H,9-10H2,1-8H3,(H2,17,20). The molecule has 0 heterocycles. The van der Waals surface area contributed by atoms with Crippen LogP contribution in [0.3, 0.4) is 0 Å². The summed E-state index contributed by atoms with van der Waals surface area (Å²) in [6, 6.07) is 1.03. The van der Waals surface area contributed by atoms with Crippen molar-refractivity contribution in [2.75, 3.05) is 7.05 Å². The lowest BCUT2D eigenvalue weighted by atomic mass is 9.90. The average molecular weight is 285 g/mol. The second-order valence-electron chi connectivity index (χ2n) is 7.19. The molecule has 20 heavy (non-hydrogen) atoms. The SMILES string of the molecule is CC(C)CC(C)N(C)C(C)CC(C)(NC(C)C)C(N)=O. The van der Waals surface area contributed by atoms with Crippen molar-refractivity contribution in [1.29, 1.82) is 0 Å². The fourth-order valence-electron chi connectivity index (χ4n) is 2.89. The first-order valence-electron chi connectivity index (χ1n) is 7.79. The Morgan fingerprint density at radius 3 is 2.00 bits per heavy atom. The molecule has 0 radical (unpaired) electrons. The van der Waals surface area contributed by atoms with Crippen molar-refractivity contribution in [2.24, 2.45) is 11.7 Å². The zero-order valence-corrected chi connectivity index (χ0v) is 14.7. The Bertz CT molecular complexity index is 304. The van der Waals surface area contributed by atoms with Gasteiger partial charge in [0.1, 0.15) is 0 Å². The minimum atomic E-state index is -0.653. The molecule has 0 rings (SSSR count). The molecule has 0 fully saturated rings. The normalized spacial score (nSPS) is 18.4. The lowest BCUT2D eigenvalue weighted by Crippen LogP contribution is -2.58. The van der Waals surface area contributed by atoms with Gasteiger partial charge in [-0.15, -0.1) is 0 Å². The van der Waals surface area contributed by atoms with Gasteiger partial charge in [0.2, 0.25) is 5.91 Å². The maximum absolute atomic E-state index is 11.8. The van der Waals surface area contributed by atoms with E-state index in [4.69, 9.17) is 5.73 Å². The third-order valence-corrected chi connectivity index (χ3v) is 4.06. The van der Waals surface area contributed by atoms with E-state index in [1.165, 1.54) is 0 Å². The highest BCUT2D eigenvalue weighted by molar-refractivity contribution is 5.84. The van der Waals surface area contributed by atoms with Crippen LogP contribution in [0.2, 0.25) is 0 Å². The van der Waals surface area contributed by atoms with E-state index in [0.717, 1.165) is 12.8 Å². The summed E-state index contributed by atoms with van der Waals surface area (Å²) in [5.41, 5.74) is 4.95. The van der Waals surface area contributed by atoms with Gasteiger partial charge < -0.3 is 16.0 Å². The van der Waals surface area contributed by atoms with Crippen molar-refractivity contribution in [3.05, 3.63) is 0 Å². The van der Waals surface area contributed by atoms with E-state index >= 15 is 0 Å². The highest BCUT2D eigenvalue weighted by atomic mass is 16.1. The molecule has 0 saturated carbocycles. The minimum absolute atomic E-state index is 0.234. The van der Waals surface area contributed by atoms with Crippen LogP contribution in [0.1, 0.15) is 61.3 Å². The van der Waals surface area contributed by atoms with E-state index in [9.17, 15) is 4.79 Å². The first-order valence-corrected chi connectivity index (χ1v) is 7.79. The molecule has 120 valence electrons. The van der Waals surface area contributed by atoms with Gasteiger partial charge in [-0.3, -0.25) is 4.79 Å². The van der Waals surface area contributed by atoms with Gasteiger partial charge in [0, 0.05) is 18.1 Å². The number of primary amides is 1. The number of rotatable bonds is 9. The van der Waals surface area contributed by atoms with Crippen LogP contribution in [-0.2, 0) is 4.79 Å². The van der Waals surface area contributed by atoms with E-state index < -0.39 is 5.54 Å². The Morgan fingerprint density at radius 2 is 1.65 bits per heavy atom. The first kappa shape index (κ1) is 19.4. The molecule has 0 aromatic heterocycles. The van der Waals surface area contributed by atoms with Crippen molar-refractivity contribution < 1.29 is 4.79 Å². The average Bonchev–Trinajstić information content (AvgIpc) is 2.25. The molecule has 0 aromatic rings.